The van der Waals surface area contributed by atoms with E-state index in [0.29, 0.717) is 0 Å². The van der Waals surface area contributed by atoms with Gasteiger partial charge >= 0.3 is 6.09 Å². The van der Waals surface area contributed by atoms with Crippen LogP contribution in [-0.2, 0) is 10.3 Å². The van der Waals surface area contributed by atoms with E-state index < -0.39 is 0 Å². The Kier molecular flexibility index (Phi) is 3.58. The van der Waals surface area contributed by atoms with Crippen molar-refractivity contribution in [2.45, 2.75) is 26.3 Å². The van der Waals surface area contributed by atoms with Gasteiger partial charge in [0, 0.05) is 7.05 Å². The largest absolute Gasteiger partial charge is 0.453 e. The van der Waals surface area contributed by atoms with Gasteiger partial charge in [-0.2, -0.15) is 0 Å². The quantitative estimate of drug-likeness (QED) is 0.768. The molecule has 16 heavy (non-hydrogen) atoms. The predicted octanol–water partition coefficient (Wildman–Crippen LogP) is 2.93. The minimum absolute atomic E-state index is 0.326. The monoisotopic (exact) mass is 221 g/mol. The second-order valence-electron chi connectivity index (χ2n) is 4.40. The molecular formula is C13H19NO2. The van der Waals surface area contributed by atoms with E-state index in [0.717, 1.165) is 5.56 Å². The molecular weight excluding hydrogens is 202 g/mol. The molecule has 0 radical (unpaired) electrons. The topological polar surface area (TPSA) is 29.5 Å². The molecule has 1 rings (SSSR count). The van der Waals surface area contributed by atoms with Crippen LogP contribution in [0.15, 0.2) is 24.3 Å². The molecule has 0 atom stereocenters. The van der Waals surface area contributed by atoms with Crippen LogP contribution in [-0.4, -0.2) is 25.2 Å². The number of methoxy groups -OCH3 is 1. The normalized spacial score (nSPS) is 11.1. The van der Waals surface area contributed by atoms with Crippen molar-refractivity contribution in [2.75, 3.05) is 14.2 Å². The zero-order chi connectivity index (χ0) is 12.3. The highest BCUT2D eigenvalue weighted by Gasteiger charge is 2.31. The van der Waals surface area contributed by atoms with Gasteiger partial charge in [-0.3, -0.25) is 0 Å². The second kappa shape index (κ2) is 4.56. The summed E-state index contributed by atoms with van der Waals surface area (Å²) >= 11 is 0. The Hall–Kier alpha value is -1.51. The Balaban J connectivity index is 3.11. The average Bonchev–Trinajstić information content (AvgIpc) is 2.27. The summed E-state index contributed by atoms with van der Waals surface area (Å²) in [5.41, 5.74) is 1.92. The molecule has 0 unspecified atom stereocenters. The number of ether oxygens (including phenoxy) is 1. The first-order valence-electron chi connectivity index (χ1n) is 5.29. The van der Waals surface area contributed by atoms with Gasteiger partial charge in [0.15, 0.2) is 0 Å². The first-order valence-corrected chi connectivity index (χ1v) is 5.29. The van der Waals surface area contributed by atoms with E-state index in [4.69, 9.17) is 4.74 Å². The van der Waals surface area contributed by atoms with Gasteiger partial charge in [0.25, 0.3) is 0 Å². The summed E-state index contributed by atoms with van der Waals surface area (Å²) in [5.74, 6) is 0. The summed E-state index contributed by atoms with van der Waals surface area (Å²) in [5, 5.41) is 0. The fraction of sp³-hybridized carbons (Fsp3) is 0.462. The third-order valence-electron chi connectivity index (χ3n) is 3.09. The summed E-state index contributed by atoms with van der Waals surface area (Å²) < 4.78 is 4.75. The van der Waals surface area contributed by atoms with E-state index in [2.05, 4.69) is 0 Å². The molecule has 0 spiro atoms. The molecule has 0 saturated heterocycles. The third kappa shape index (κ3) is 2.18. The highest BCUT2D eigenvalue weighted by atomic mass is 16.5. The molecule has 3 heteroatoms. The van der Waals surface area contributed by atoms with Crippen LogP contribution in [0, 0.1) is 6.92 Å². The standard InChI is InChI=1S/C13H19NO2/c1-10-8-6-7-9-11(10)13(2,3)14(4)12(15)16-5/h6-9H,1-5H3. The van der Waals surface area contributed by atoms with Crippen molar-refractivity contribution in [1.82, 2.24) is 4.90 Å². The van der Waals surface area contributed by atoms with Gasteiger partial charge in [-0.1, -0.05) is 24.3 Å². The molecule has 0 saturated carbocycles. The van der Waals surface area contributed by atoms with Crippen LogP contribution in [0.5, 0.6) is 0 Å². The Morgan fingerprint density at radius 3 is 2.38 bits per heavy atom. The van der Waals surface area contributed by atoms with Crippen molar-refractivity contribution >= 4 is 6.09 Å². The van der Waals surface area contributed by atoms with Gasteiger partial charge in [-0.25, -0.2) is 4.79 Å². The first kappa shape index (κ1) is 12.6. The number of benzene rings is 1. The Morgan fingerprint density at radius 1 is 1.31 bits per heavy atom. The predicted molar refractivity (Wildman–Crippen MR) is 64.4 cm³/mol. The smallest absolute Gasteiger partial charge is 0.409 e. The van der Waals surface area contributed by atoms with Crippen molar-refractivity contribution < 1.29 is 9.53 Å². The van der Waals surface area contributed by atoms with Crippen LogP contribution in [0.25, 0.3) is 0 Å². The van der Waals surface area contributed by atoms with E-state index in [1.165, 1.54) is 12.7 Å². The molecule has 0 aliphatic rings. The van der Waals surface area contributed by atoms with E-state index in [-0.39, 0.29) is 11.6 Å². The van der Waals surface area contributed by atoms with Crippen molar-refractivity contribution in [3.8, 4) is 0 Å². The SMILES string of the molecule is COC(=O)N(C)C(C)(C)c1ccccc1C. The third-order valence-corrected chi connectivity index (χ3v) is 3.09. The number of carbonyl (C=O) groups excluding carboxylic acids is 1. The summed E-state index contributed by atoms with van der Waals surface area (Å²) in [6.07, 6.45) is -0.326. The molecule has 0 aliphatic carbocycles. The van der Waals surface area contributed by atoms with E-state index in [1.807, 2.05) is 45.0 Å². The van der Waals surface area contributed by atoms with E-state index >= 15 is 0 Å². The molecule has 0 heterocycles. The van der Waals surface area contributed by atoms with Crippen LogP contribution < -0.4 is 0 Å². The van der Waals surface area contributed by atoms with Gasteiger partial charge in [0.1, 0.15) is 0 Å². The molecule has 1 aromatic carbocycles. The zero-order valence-electron chi connectivity index (χ0n) is 10.6. The molecule has 1 amide bonds. The van der Waals surface area contributed by atoms with E-state index in [1.54, 1.807) is 11.9 Å². The number of carbonyl (C=O) groups is 1. The lowest BCUT2D eigenvalue weighted by Gasteiger charge is -2.36. The number of hydrogen-bond acceptors (Lipinski definition) is 2. The minimum atomic E-state index is -0.377. The summed E-state index contributed by atoms with van der Waals surface area (Å²) in [7, 11) is 3.14. The van der Waals surface area contributed by atoms with Crippen LogP contribution in [0.3, 0.4) is 0 Å². The molecule has 0 fully saturated rings. The van der Waals surface area contributed by atoms with E-state index in [9.17, 15) is 4.79 Å². The fourth-order valence-corrected chi connectivity index (χ4v) is 1.81. The summed E-state index contributed by atoms with van der Waals surface area (Å²) in [6, 6.07) is 8.05. The molecule has 0 aliphatic heterocycles. The maximum atomic E-state index is 11.5. The number of amides is 1. The Morgan fingerprint density at radius 2 is 1.88 bits per heavy atom. The van der Waals surface area contributed by atoms with Crippen molar-refractivity contribution in [1.29, 1.82) is 0 Å². The minimum Gasteiger partial charge on any atom is -0.453 e. The number of aryl methyl sites for hydroxylation is 1. The van der Waals surface area contributed by atoms with Gasteiger partial charge in [-0.05, 0) is 31.9 Å². The first-order chi connectivity index (χ1) is 7.41. The average molecular weight is 221 g/mol. The van der Waals surface area contributed by atoms with Crippen LogP contribution in [0.4, 0.5) is 4.79 Å². The lowest BCUT2D eigenvalue weighted by atomic mass is 9.89. The molecule has 88 valence electrons. The number of nitrogens with zero attached hydrogens (tertiary/aromatic N) is 1. The van der Waals surface area contributed by atoms with Crippen molar-refractivity contribution in [2.24, 2.45) is 0 Å². The zero-order valence-corrected chi connectivity index (χ0v) is 10.6. The number of rotatable bonds is 2. The molecule has 0 bridgehead atoms. The maximum Gasteiger partial charge on any atom is 0.409 e. The van der Waals surface area contributed by atoms with Crippen LogP contribution >= 0.6 is 0 Å². The molecule has 0 aromatic heterocycles. The van der Waals surface area contributed by atoms with Gasteiger partial charge in [0.2, 0.25) is 0 Å². The number of hydrogen-bond donors (Lipinski definition) is 0. The second-order valence-corrected chi connectivity index (χ2v) is 4.40. The molecule has 0 N–H and O–H groups in total. The lowest BCUT2D eigenvalue weighted by molar-refractivity contribution is 0.0917. The van der Waals surface area contributed by atoms with Crippen molar-refractivity contribution in [3.63, 3.8) is 0 Å². The molecule has 1 aromatic rings. The van der Waals surface area contributed by atoms with Crippen molar-refractivity contribution in [3.05, 3.63) is 35.4 Å². The highest BCUT2D eigenvalue weighted by molar-refractivity contribution is 5.68. The lowest BCUT2D eigenvalue weighted by Crippen LogP contribution is -2.43. The summed E-state index contributed by atoms with van der Waals surface area (Å²) in [6.45, 7) is 6.06. The van der Waals surface area contributed by atoms with Gasteiger partial charge in [-0.15, -0.1) is 0 Å². The van der Waals surface area contributed by atoms with Crippen LogP contribution in [0.2, 0.25) is 0 Å². The fourth-order valence-electron chi connectivity index (χ4n) is 1.81. The highest BCUT2D eigenvalue weighted by Crippen LogP contribution is 2.29. The summed E-state index contributed by atoms with van der Waals surface area (Å²) in [4.78, 5) is 13.2. The van der Waals surface area contributed by atoms with Crippen LogP contribution in [0.1, 0.15) is 25.0 Å². The van der Waals surface area contributed by atoms with Gasteiger partial charge in [0.05, 0.1) is 12.6 Å². The molecule has 3 nitrogen and oxygen atoms in total. The Bertz CT molecular complexity index is 385. The maximum absolute atomic E-state index is 11.5. The van der Waals surface area contributed by atoms with Gasteiger partial charge < -0.3 is 9.64 Å². The Labute approximate surface area is 97.0 Å².